The molecule has 6 nitrogen and oxygen atoms in total. The SMILES string of the molecule is CC(NC(=O)c1ccoc1)C(=O)N(C)C1CCNC1. The summed E-state index contributed by atoms with van der Waals surface area (Å²) >= 11 is 0. The van der Waals surface area contributed by atoms with E-state index in [4.69, 9.17) is 4.42 Å². The average Bonchev–Trinajstić information content (AvgIpc) is 3.08. The zero-order valence-electron chi connectivity index (χ0n) is 11.2. The van der Waals surface area contributed by atoms with Gasteiger partial charge in [-0.15, -0.1) is 0 Å². The molecule has 0 radical (unpaired) electrons. The molecule has 2 rings (SSSR count). The monoisotopic (exact) mass is 265 g/mol. The van der Waals surface area contributed by atoms with Crippen molar-refractivity contribution in [1.29, 1.82) is 0 Å². The van der Waals surface area contributed by atoms with Gasteiger partial charge in [0, 0.05) is 19.6 Å². The third-order valence-electron chi connectivity index (χ3n) is 3.43. The molecule has 1 fully saturated rings. The van der Waals surface area contributed by atoms with E-state index in [1.807, 2.05) is 0 Å². The summed E-state index contributed by atoms with van der Waals surface area (Å²) in [5.74, 6) is -0.377. The van der Waals surface area contributed by atoms with Crippen LogP contribution in [0.2, 0.25) is 0 Å². The second-order valence-corrected chi connectivity index (χ2v) is 4.80. The van der Waals surface area contributed by atoms with Crippen molar-refractivity contribution in [2.75, 3.05) is 20.1 Å². The Hall–Kier alpha value is -1.82. The largest absolute Gasteiger partial charge is 0.472 e. The van der Waals surface area contributed by atoms with E-state index in [9.17, 15) is 9.59 Å². The number of carbonyl (C=O) groups excluding carboxylic acids is 2. The molecule has 1 aliphatic heterocycles. The van der Waals surface area contributed by atoms with Gasteiger partial charge in [-0.2, -0.15) is 0 Å². The fraction of sp³-hybridized carbons (Fsp3) is 0.538. The zero-order valence-corrected chi connectivity index (χ0v) is 11.2. The minimum Gasteiger partial charge on any atom is -0.472 e. The van der Waals surface area contributed by atoms with Crippen LogP contribution in [-0.4, -0.2) is 48.9 Å². The minimum atomic E-state index is -0.548. The maximum absolute atomic E-state index is 12.2. The van der Waals surface area contributed by atoms with E-state index in [1.165, 1.54) is 12.5 Å². The summed E-state index contributed by atoms with van der Waals surface area (Å²) < 4.78 is 4.84. The second kappa shape index (κ2) is 5.88. The van der Waals surface area contributed by atoms with Gasteiger partial charge in [-0.3, -0.25) is 9.59 Å². The Morgan fingerprint density at radius 2 is 2.37 bits per heavy atom. The van der Waals surface area contributed by atoms with Crippen LogP contribution in [0.1, 0.15) is 23.7 Å². The average molecular weight is 265 g/mol. The van der Waals surface area contributed by atoms with Gasteiger partial charge in [0.2, 0.25) is 5.91 Å². The molecule has 2 unspecified atom stereocenters. The molecule has 2 heterocycles. The van der Waals surface area contributed by atoms with Crippen LogP contribution < -0.4 is 10.6 Å². The Morgan fingerprint density at radius 1 is 1.58 bits per heavy atom. The standard InChI is InChI=1S/C13H19N3O3/c1-9(15-12(17)10-4-6-19-8-10)13(18)16(2)11-3-5-14-7-11/h4,6,8-9,11,14H,3,5,7H2,1-2H3,(H,15,17). The smallest absolute Gasteiger partial charge is 0.255 e. The highest BCUT2D eigenvalue weighted by Gasteiger charge is 2.27. The quantitative estimate of drug-likeness (QED) is 0.816. The first kappa shape index (κ1) is 13.6. The molecule has 1 aromatic rings. The fourth-order valence-electron chi connectivity index (χ4n) is 2.19. The zero-order chi connectivity index (χ0) is 13.8. The number of furan rings is 1. The van der Waals surface area contributed by atoms with E-state index < -0.39 is 6.04 Å². The third kappa shape index (κ3) is 3.14. The number of carbonyl (C=O) groups is 2. The molecule has 1 aliphatic rings. The van der Waals surface area contributed by atoms with Crippen LogP contribution >= 0.6 is 0 Å². The van der Waals surface area contributed by atoms with Gasteiger partial charge in [-0.05, 0) is 26.0 Å². The molecule has 2 atom stereocenters. The van der Waals surface area contributed by atoms with Crippen LogP contribution in [0.3, 0.4) is 0 Å². The van der Waals surface area contributed by atoms with Gasteiger partial charge in [0.05, 0.1) is 11.8 Å². The fourth-order valence-corrected chi connectivity index (χ4v) is 2.19. The molecule has 2 amide bonds. The predicted octanol–water partition coefficient (Wildman–Crippen LogP) is 0.218. The van der Waals surface area contributed by atoms with Crippen molar-refractivity contribution < 1.29 is 14.0 Å². The number of likely N-dealkylation sites (N-methyl/N-ethyl adjacent to an activating group) is 1. The lowest BCUT2D eigenvalue weighted by molar-refractivity contribution is -0.133. The first-order valence-corrected chi connectivity index (χ1v) is 6.40. The molecule has 0 aromatic carbocycles. The highest BCUT2D eigenvalue weighted by atomic mass is 16.3. The third-order valence-corrected chi connectivity index (χ3v) is 3.43. The molecule has 1 saturated heterocycles. The second-order valence-electron chi connectivity index (χ2n) is 4.80. The van der Waals surface area contributed by atoms with Crippen molar-refractivity contribution in [2.24, 2.45) is 0 Å². The normalized spacial score (nSPS) is 20.0. The van der Waals surface area contributed by atoms with E-state index in [-0.39, 0.29) is 17.9 Å². The summed E-state index contributed by atoms with van der Waals surface area (Å²) in [6.45, 7) is 3.43. The van der Waals surface area contributed by atoms with Crippen molar-refractivity contribution >= 4 is 11.8 Å². The van der Waals surface area contributed by atoms with Gasteiger partial charge < -0.3 is 20.0 Å². The van der Waals surface area contributed by atoms with Crippen molar-refractivity contribution in [1.82, 2.24) is 15.5 Å². The van der Waals surface area contributed by atoms with Gasteiger partial charge in [-0.1, -0.05) is 0 Å². The molecule has 1 aromatic heterocycles. The highest BCUT2D eigenvalue weighted by Crippen LogP contribution is 2.08. The van der Waals surface area contributed by atoms with Gasteiger partial charge in [0.1, 0.15) is 12.3 Å². The van der Waals surface area contributed by atoms with Crippen molar-refractivity contribution in [3.05, 3.63) is 24.2 Å². The lowest BCUT2D eigenvalue weighted by Crippen LogP contribution is -2.49. The van der Waals surface area contributed by atoms with Crippen LogP contribution in [0.25, 0.3) is 0 Å². The minimum absolute atomic E-state index is 0.0782. The first-order chi connectivity index (χ1) is 9.09. The molecule has 104 valence electrons. The van der Waals surface area contributed by atoms with E-state index >= 15 is 0 Å². The molecular formula is C13H19N3O3. The van der Waals surface area contributed by atoms with Crippen molar-refractivity contribution in [2.45, 2.75) is 25.4 Å². The van der Waals surface area contributed by atoms with Gasteiger partial charge in [-0.25, -0.2) is 0 Å². The summed E-state index contributed by atoms with van der Waals surface area (Å²) in [4.78, 5) is 25.7. The van der Waals surface area contributed by atoms with E-state index in [0.717, 1.165) is 19.5 Å². The van der Waals surface area contributed by atoms with Gasteiger partial charge in [0.25, 0.3) is 5.91 Å². The molecule has 0 saturated carbocycles. The van der Waals surface area contributed by atoms with Crippen LogP contribution in [0.4, 0.5) is 0 Å². The van der Waals surface area contributed by atoms with Gasteiger partial charge >= 0.3 is 0 Å². The Balaban J connectivity index is 1.90. The molecule has 2 N–H and O–H groups in total. The molecule has 6 heteroatoms. The predicted molar refractivity (Wildman–Crippen MR) is 69.7 cm³/mol. The Labute approximate surface area is 112 Å². The lowest BCUT2D eigenvalue weighted by atomic mass is 10.2. The Morgan fingerprint density at radius 3 is 2.95 bits per heavy atom. The van der Waals surface area contributed by atoms with Crippen LogP contribution in [0.15, 0.2) is 23.0 Å². The molecule has 0 aliphatic carbocycles. The van der Waals surface area contributed by atoms with Crippen molar-refractivity contribution in [3.63, 3.8) is 0 Å². The maximum atomic E-state index is 12.2. The summed E-state index contributed by atoms with van der Waals surface area (Å²) in [5, 5.41) is 5.89. The molecule has 0 spiro atoms. The number of rotatable bonds is 4. The van der Waals surface area contributed by atoms with E-state index in [1.54, 1.807) is 24.9 Å². The summed E-state index contributed by atoms with van der Waals surface area (Å²) in [7, 11) is 1.78. The number of nitrogens with one attached hydrogen (secondary N) is 2. The molecule has 0 bridgehead atoms. The lowest BCUT2D eigenvalue weighted by Gasteiger charge is -2.27. The summed E-state index contributed by atoms with van der Waals surface area (Å²) in [6, 6.07) is 1.23. The molecular weight excluding hydrogens is 246 g/mol. The van der Waals surface area contributed by atoms with Crippen LogP contribution in [0, 0.1) is 0 Å². The number of amides is 2. The first-order valence-electron chi connectivity index (χ1n) is 6.40. The maximum Gasteiger partial charge on any atom is 0.255 e. The van der Waals surface area contributed by atoms with Gasteiger partial charge in [0.15, 0.2) is 0 Å². The van der Waals surface area contributed by atoms with Crippen molar-refractivity contribution in [3.8, 4) is 0 Å². The highest BCUT2D eigenvalue weighted by molar-refractivity contribution is 5.97. The number of nitrogens with zero attached hydrogens (tertiary/aromatic N) is 1. The topological polar surface area (TPSA) is 74.6 Å². The summed E-state index contributed by atoms with van der Waals surface area (Å²) in [6.07, 6.45) is 3.74. The number of hydrogen-bond acceptors (Lipinski definition) is 4. The van der Waals surface area contributed by atoms with E-state index in [2.05, 4.69) is 10.6 Å². The Kier molecular flexibility index (Phi) is 4.21. The summed E-state index contributed by atoms with van der Waals surface area (Å²) in [5.41, 5.74) is 0.421. The van der Waals surface area contributed by atoms with Crippen LogP contribution in [-0.2, 0) is 4.79 Å². The Bertz CT molecular complexity index is 438. The number of hydrogen-bond donors (Lipinski definition) is 2. The van der Waals surface area contributed by atoms with E-state index in [0.29, 0.717) is 5.56 Å². The van der Waals surface area contributed by atoms with Crippen LogP contribution in [0.5, 0.6) is 0 Å². The molecule has 19 heavy (non-hydrogen) atoms.